The van der Waals surface area contributed by atoms with Crippen LogP contribution in [0.25, 0.3) is 5.65 Å². The van der Waals surface area contributed by atoms with Gasteiger partial charge in [-0.15, -0.1) is 0 Å². The number of likely N-dealkylation sites (tertiary alicyclic amines) is 1. The van der Waals surface area contributed by atoms with Gasteiger partial charge >= 0.3 is 0 Å². The Hall–Kier alpha value is -3.13. The van der Waals surface area contributed by atoms with Gasteiger partial charge in [0.1, 0.15) is 5.82 Å². The van der Waals surface area contributed by atoms with Crippen molar-refractivity contribution in [2.24, 2.45) is 0 Å². The summed E-state index contributed by atoms with van der Waals surface area (Å²) < 4.78 is 1.86. The predicted octanol–water partition coefficient (Wildman–Crippen LogP) is 4.70. The minimum atomic E-state index is -0.275. The third kappa shape index (κ3) is 4.34. The van der Waals surface area contributed by atoms with Gasteiger partial charge in [0.15, 0.2) is 5.65 Å². The van der Waals surface area contributed by atoms with E-state index in [0.29, 0.717) is 22.8 Å². The number of rotatable bonds is 4. The van der Waals surface area contributed by atoms with E-state index in [1.54, 1.807) is 12.1 Å². The number of anilines is 2. The molecule has 0 spiro atoms. The van der Waals surface area contributed by atoms with E-state index in [1.807, 2.05) is 55.2 Å². The first kappa shape index (κ1) is 24.0. The quantitative estimate of drug-likeness (QED) is 0.582. The third-order valence-corrected chi connectivity index (χ3v) is 6.66. The van der Waals surface area contributed by atoms with Crippen LogP contribution < -0.4 is 10.2 Å². The normalized spacial score (nSPS) is 16.1. The van der Waals surface area contributed by atoms with Crippen molar-refractivity contribution in [3.05, 3.63) is 51.3 Å². The second kappa shape index (κ2) is 9.25. The zero-order chi connectivity index (χ0) is 24.7. The van der Waals surface area contributed by atoms with Crippen LogP contribution in [0.4, 0.5) is 11.5 Å². The Labute approximate surface area is 204 Å². The van der Waals surface area contributed by atoms with E-state index in [2.05, 4.69) is 5.32 Å². The first-order chi connectivity index (χ1) is 16.1. The number of nitrogens with zero attached hydrogens (tertiary/aromatic N) is 5. The fraction of sp³-hybridized carbons (Fsp3) is 0.440. The van der Waals surface area contributed by atoms with Crippen LogP contribution in [0.5, 0.6) is 0 Å². The number of halogens is 1. The molecule has 1 N–H and O–H groups in total. The number of hydrogen-bond donors (Lipinski definition) is 1. The lowest BCUT2D eigenvalue weighted by Gasteiger charge is -2.35. The molecule has 0 aliphatic carbocycles. The fourth-order valence-electron chi connectivity index (χ4n) is 4.74. The van der Waals surface area contributed by atoms with E-state index in [9.17, 15) is 9.59 Å². The van der Waals surface area contributed by atoms with Gasteiger partial charge in [-0.2, -0.15) is 9.61 Å². The standard InChI is InChI=1S/C25H31ClN6O2/c1-14-11-18(23(19(26)12-14)28-17(4)33)25(34)31-10-8-7-9-21(31)20-13-22-27-16(3)15(2)24(30(5)6)32(22)29-20/h11-13,21H,7-10H2,1-6H3,(H,28,33). The molecule has 1 saturated heterocycles. The van der Waals surface area contributed by atoms with E-state index < -0.39 is 0 Å². The molecule has 0 saturated carbocycles. The van der Waals surface area contributed by atoms with Crippen LogP contribution in [0.15, 0.2) is 18.2 Å². The number of aromatic nitrogens is 3. The van der Waals surface area contributed by atoms with Crippen molar-refractivity contribution in [2.45, 2.75) is 53.0 Å². The Balaban J connectivity index is 1.79. The average Bonchev–Trinajstić information content (AvgIpc) is 3.18. The van der Waals surface area contributed by atoms with Crippen molar-refractivity contribution < 1.29 is 9.59 Å². The third-order valence-electron chi connectivity index (χ3n) is 6.37. The van der Waals surface area contributed by atoms with Gasteiger partial charge in [0.25, 0.3) is 5.91 Å². The first-order valence-corrected chi connectivity index (χ1v) is 11.9. The second-order valence-electron chi connectivity index (χ2n) is 9.24. The summed E-state index contributed by atoms with van der Waals surface area (Å²) in [5.41, 5.74) is 5.20. The lowest BCUT2D eigenvalue weighted by molar-refractivity contribution is -0.114. The molecule has 4 rings (SSSR count). The molecule has 1 unspecified atom stereocenters. The molecule has 1 aliphatic rings. The summed E-state index contributed by atoms with van der Waals surface area (Å²) in [6, 6.07) is 5.32. The van der Waals surface area contributed by atoms with Gasteiger partial charge in [-0.05, 0) is 57.7 Å². The number of piperidine rings is 1. The molecular formula is C25H31ClN6O2. The van der Waals surface area contributed by atoms with Gasteiger partial charge in [-0.25, -0.2) is 4.98 Å². The van der Waals surface area contributed by atoms with Crippen LogP contribution >= 0.6 is 11.6 Å². The molecular weight excluding hydrogens is 452 g/mol. The van der Waals surface area contributed by atoms with Gasteiger partial charge in [0.05, 0.1) is 28.0 Å². The molecule has 1 aliphatic heterocycles. The highest BCUT2D eigenvalue weighted by molar-refractivity contribution is 6.34. The van der Waals surface area contributed by atoms with Crippen molar-refractivity contribution in [1.29, 1.82) is 0 Å². The van der Waals surface area contributed by atoms with E-state index >= 15 is 0 Å². The van der Waals surface area contributed by atoms with Crippen molar-refractivity contribution in [3.8, 4) is 0 Å². The summed E-state index contributed by atoms with van der Waals surface area (Å²) in [4.78, 5) is 34.3. The summed E-state index contributed by atoms with van der Waals surface area (Å²) in [6.07, 6.45) is 2.71. The Morgan fingerprint density at radius 1 is 1.15 bits per heavy atom. The number of amides is 2. The summed E-state index contributed by atoms with van der Waals surface area (Å²) in [5, 5.41) is 8.01. The highest BCUT2D eigenvalue weighted by Crippen LogP contribution is 2.36. The van der Waals surface area contributed by atoms with Gasteiger partial charge in [-0.3, -0.25) is 9.59 Å². The Bertz CT molecular complexity index is 1280. The Morgan fingerprint density at radius 3 is 2.56 bits per heavy atom. The van der Waals surface area contributed by atoms with Crippen LogP contribution in [-0.4, -0.2) is 52.0 Å². The molecule has 3 heterocycles. The highest BCUT2D eigenvalue weighted by Gasteiger charge is 2.33. The minimum absolute atomic E-state index is 0.163. The maximum Gasteiger partial charge on any atom is 0.256 e. The van der Waals surface area contributed by atoms with Gasteiger partial charge in [0.2, 0.25) is 5.91 Å². The number of benzene rings is 1. The van der Waals surface area contributed by atoms with Crippen molar-refractivity contribution in [3.63, 3.8) is 0 Å². The van der Waals surface area contributed by atoms with Gasteiger partial charge < -0.3 is 15.1 Å². The van der Waals surface area contributed by atoms with E-state index in [0.717, 1.165) is 53.2 Å². The summed E-state index contributed by atoms with van der Waals surface area (Å²) in [7, 11) is 3.98. The minimum Gasteiger partial charge on any atom is -0.362 e. The summed E-state index contributed by atoms with van der Waals surface area (Å²) in [6.45, 7) is 7.93. The Kier molecular flexibility index (Phi) is 6.53. The zero-order valence-electron chi connectivity index (χ0n) is 20.6. The molecule has 1 aromatic carbocycles. The monoisotopic (exact) mass is 482 g/mol. The van der Waals surface area contributed by atoms with Crippen molar-refractivity contribution in [1.82, 2.24) is 19.5 Å². The number of fused-ring (bicyclic) bond motifs is 1. The molecule has 34 heavy (non-hydrogen) atoms. The first-order valence-electron chi connectivity index (χ1n) is 11.5. The van der Waals surface area contributed by atoms with Crippen molar-refractivity contribution in [2.75, 3.05) is 30.9 Å². The summed E-state index contributed by atoms with van der Waals surface area (Å²) in [5.74, 6) is 0.536. The van der Waals surface area contributed by atoms with Gasteiger partial charge in [0, 0.05) is 44.9 Å². The lowest BCUT2D eigenvalue weighted by atomic mass is 9.97. The van der Waals surface area contributed by atoms with Crippen LogP contribution in [0, 0.1) is 20.8 Å². The smallest absolute Gasteiger partial charge is 0.256 e. The Morgan fingerprint density at radius 2 is 1.88 bits per heavy atom. The average molecular weight is 483 g/mol. The molecule has 1 atom stereocenters. The van der Waals surface area contributed by atoms with E-state index in [1.165, 1.54) is 6.92 Å². The van der Waals surface area contributed by atoms with Crippen LogP contribution in [0.2, 0.25) is 5.02 Å². The number of carbonyl (C=O) groups excluding carboxylic acids is 2. The zero-order valence-corrected chi connectivity index (χ0v) is 21.3. The molecule has 0 radical (unpaired) electrons. The maximum absolute atomic E-state index is 13.8. The molecule has 3 aromatic rings. The molecule has 0 bridgehead atoms. The SMILES string of the molecule is CC(=O)Nc1c(Cl)cc(C)cc1C(=O)N1CCCCC1c1cc2nc(C)c(C)c(N(C)C)n2n1. The highest BCUT2D eigenvalue weighted by atomic mass is 35.5. The number of nitrogens with one attached hydrogen (secondary N) is 1. The largest absolute Gasteiger partial charge is 0.362 e. The number of carbonyl (C=O) groups is 2. The topological polar surface area (TPSA) is 82.8 Å². The fourth-order valence-corrected chi connectivity index (χ4v) is 5.06. The number of hydrogen-bond acceptors (Lipinski definition) is 5. The molecule has 1 fully saturated rings. The molecule has 2 amide bonds. The predicted molar refractivity (Wildman–Crippen MR) is 135 cm³/mol. The number of aryl methyl sites for hydroxylation is 2. The van der Waals surface area contributed by atoms with Crippen molar-refractivity contribution >= 4 is 40.6 Å². The van der Waals surface area contributed by atoms with Crippen LogP contribution in [0.3, 0.4) is 0 Å². The van der Waals surface area contributed by atoms with Crippen LogP contribution in [0.1, 0.15) is 65.1 Å². The maximum atomic E-state index is 13.8. The van der Waals surface area contributed by atoms with E-state index in [-0.39, 0.29) is 17.9 Å². The van der Waals surface area contributed by atoms with Gasteiger partial charge in [-0.1, -0.05) is 11.6 Å². The lowest BCUT2D eigenvalue weighted by Crippen LogP contribution is -2.39. The molecule has 8 nitrogen and oxygen atoms in total. The van der Waals surface area contributed by atoms with Crippen LogP contribution in [-0.2, 0) is 4.79 Å². The molecule has 2 aromatic heterocycles. The molecule has 9 heteroatoms. The summed E-state index contributed by atoms with van der Waals surface area (Å²) >= 11 is 6.43. The molecule has 180 valence electrons. The second-order valence-corrected chi connectivity index (χ2v) is 9.65. The van der Waals surface area contributed by atoms with E-state index in [4.69, 9.17) is 21.7 Å².